The van der Waals surface area contributed by atoms with Gasteiger partial charge in [-0.1, -0.05) is 15.9 Å². The van der Waals surface area contributed by atoms with Crippen LogP contribution in [0.1, 0.15) is 6.42 Å². The van der Waals surface area contributed by atoms with Gasteiger partial charge in [0.2, 0.25) is 11.7 Å². The van der Waals surface area contributed by atoms with Gasteiger partial charge in [0, 0.05) is 29.9 Å². The highest BCUT2D eigenvalue weighted by Gasteiger charge is 2.31. The summed E-state index contributed by atoms with van der Waals surface area (Å²) in [7, 11) is 0. The zero-order valence-corrected chi connectivity index (χ0v) is 10.7. The van der Waals surface area contributed by atoms with Gasteiger partial charge in [0.1, 0.15) is 0 Å². The van der Waals surface area contributed by atoms with Gasteiger partial charge < -0.3 is 10.6 Å². The molecule has 0 radical (unpaired) electrons. The maximum atomic E-state index is 13.5. The molecule has 0 saturated carbocycles. The monoisotopic (exact) mass is 317 g/mol. The molecule has 0 spiro atoms. The average Bonchev–Trinajstić information content (AvgIpc) is 2.60. The average molecular weight is 318 g/mol. The molecule has 1 fully saturated rings. The number of nitrogens with zero attached hydrogens (tertiary/aromatic N) is 2. The first-order valence-electron chi connectivity index (χ1n) is 5.08. The summed E-state index contributed by atoms with van der Waals surface area (Å²) in [5.74, 6) is -1.20. The van der Waals surface area contributed by atoms with Crippen LogP contribution in [-0.4, -0.2) is 22.2 Å². The van der Waals surface area contributed by atoms with Gasteiger partial charge >= 0.3 is 5.69 Å². The largest absolute Gasteiger partial charge is 0.397 e. The van der Waals surface area contributed by atoms with Gasteiger partial charge in [-0.2, -0.15) is 4.39 Å². The van der Waals surface area contributed by atoms with E-state index in [0.29, 0.717) is 6.54 Å². The molecular formula is C10H9BrFN3O3. The van der Waals surface area contributed by atoms with Crippen LogP contribution >= 0.6 is 15.9 Å². The Bertz CT molecular complexity index is 537. The number of nitrogen functional groups attached to an aromatic ring is 1. The number of nitro benzene ring substituents is 1. The number of nitro groups is 1. The van der Waals surface area contributed by atoms with Crippen LogP contribution in [0.25, 0.3) is 0 Å². The van der Waals surface area contributed by atoms with Crippen molar-refractivity contribution < 1.29 is 14.1 Å². The molecule has 96 valence electrons. The lowest BCUT2D eigenvalue weighted by Crippen LogP contribution is -2.25. The molecule has 2 rings (SSSR count). The first kappa shape index (κ1) is 12.7. The highest BCUT2D eigenvalue weighted by atomic mass is 79.9. The minimum Gasteiger partial charge on any atom is -0.397 e. The topological polar surface area (TPSA) is 89.5 Å². The van der Waals surface area contributed by atoms with E-state index in [1.165, 1.54) is 4.90 Å². The lowest BCUT2D eigenvalue weighted by Gasteiger charge is -2.18. The Balaban J connectivity index is 2.44. The summed E-state index contributed by atoms with van der Waals surface area (Å²) in [4.78, 5) is 22.6. The van der Waals surface area contributed by atoms with E-state index >= 15 is 0 Å². The Morgan fingerprint density at radius 1 is 1.56 bits per heavy atom. The molecule has 1 heterocycles. The van der Waals surface area contributed by atoms with Gasteiger partial charge in [-0.25, -0.2) is 0 Å². The predicted octanol–water partition coefficient (Wildman–Crippen LogP) is 1.82. The van der Waals surface area contributed by atoms with Crippen molar-refractivity contribution in [2.45, 2.75) is 11.2 Å². The van der Waals surface area contributed by atoms with E-state index in [4.69, 9.17) is 5.73 Å². The number of anilines is 2. The maximum absolute atomic E-state index is 13.5. The third-order valence-electron chi connectivity index (χ3n) is 2.66. The Morgan fingerprint density at radius 3 is 2.72 bits per heavy atom. The number of rotatable bonds is 2. The molecule has 1 aliphatic rings. The molecule has 0 aromatic heterocycles. The smallest absolute Gasteiger partial charge is 0.306 e. The molecule has 1 saturated heterocycles. The number of benzene rings is 1. The van der Waals surface area contributed by atoms with E-state index in [2.05, 4.69) is 15.9 Å². The van der Waals surface area contributed by atoms with Crippen molar-refractivity contribution in [3.63, 3.8) is 0 Å². The Labute approximate surface area is 110 Å². The summed E-state index contributed by atoms with van der Waals surface area (Å²) in [5.41, 5.74) is 5.12. The van der Waals surface area contributed by atoms with Crippen molar-refractivity contribution in [2.24, 2.45) is 0 Å². The third-order valence-corrected chi connectivity index (χ3v) is 3.27. The van der Waals surface area contributed by atoms with Gasteiger partial charge in [0.15, 0.2) is 0 Å². The summed E-state index contributed by atoms with van der Waals surface area (Å²) >= 11 is 3.29. The summed E-state index contributed by atoms with van der Waals surface area (Å²) in [6.45, 7) is 0.361. The fourth-order valence-electron chi connectivity index (χ4n) is 1.84. The molecule has 8 heteroatoms. The fourth-order valence-corrected chi connectivity index (χ4v) is 2.40. The Hall–Kier alpha value is -1.70. The molecule has 18 heavy (non-hydrogen) atoms. The normalized spacial score (nSPS) is 19.3. The van der Waals surface area contributed by atoms with E-state index in [1.54, 1.807) is 0 Å². The highest BCUT2D eigenvalue weighted by molar-refractivity contribution is 9.09. The van der Waals surface area contributed by atoms with Crippen molar-refractivity contribution in [3.8, 4) is 0 Å². The van der Waals surface area contributed by atoms with Crippen molar-refractivity contribution in [2.75, 3.05) is 17.2 Å². The lowest BCUT2D eigenvalue weighted by molar-refractivity contribution is -0.387. The van der Waals surface area contributed by atoms with Crippen LogP contribution in [-0.2, 0) is 4.79 Å². The number of nitrogens with two attached hydrogens (primary N) is 1. The number of hydrogen-bond donors (Lipinski definition) is 1. The Kier molecular flexibility index (Phi) is 3.20. The van der Waals surface area contributed by atoms with E-state index < -0.39 is 16.4 Å². The molecule has 1 atom stereocenters. The van der Waals surface area contributed by atoms with Crippen LogP contribution in [0.2, 0.25) is 0 Å². The van der Waals surface area contributed by atoms with Crippen LogP contribution in [0.4, 0.5) is 21.5 Å². The molecule has 1 amide bonds. The van der Waals surface area contributed by atoms with Crippen molar-refractivity contribution in [1.29, 1.82) is 0 Å². The molecule has 2 N–H and O–H groups in total. The molecule has 6 nitrogen and oxygen atoms in total. The zero-order chi connectivity index (χ0) is 13.4. The first-order chi connectivity index (χ1) is 8.40. The minimum atomic E-state index is -1.00. The van der Waals surface area contributed by atoms with Gasteiger partial charge in [0.05, 0.1) is 16.3 Å². The minimum absolute atomic E-state index is 0.0121. The van der Waals surface area contributed by atoms with Crippen LogP contribution in [0.3, 0.4) is 0 Å². The number of hydrogen-bond acceptors (Lipinski definition) is 4. The standard InChI is InChI=1S/C10H9BrFN3O3/c11-5-1-10(16)14(4-5)9-2-6(12)8(15(17)18)3-7(9)13/h2-3,5H,1,4,13H2. The number of amides is 1. The molecule has 1 aromatic rings. The third kappa shape index (κ3) is 2.15. The molecule has 1 unspecified atom stereocenters. The number of alkyl halides is 1. The van der Waals surface area contributed by atoms with E-state index in [9.17, 15) is 19.3 Å². The summed E-state index contributed by atoms with van der Waals surface area (Å²) < 4.78 is 13.5. The quantitative estimate of drug-likeness (QED) is 0.390. The maximum Gasteiger partial charge on any atom is 0.306 e. The van der Waals surface area contributed by atoms with E-state index in [0.717, 1.165) is 12.1 Å². The van der Waals surface area contributed by atoms with Crippen molar-refractivity contribution >= 4 is 38.9 Å². The number of halogens is 2. The molecule has 1 aromatic carbocycles. The summed E-state index contributed by atoms with van der Waals surface area (Å²) in [6, 6.07) is 1.86. The van der Waals surface area contributed by atoms with Crippen LogP contribution in [0.5, 0.6) is 0 Å². The summed E-state index contributed by atoms with van der Waals surface area (Å²) in [5, 5.41) is 10.5. The van der Waals surface area contributed by atoms with Gasteiger partial charge in [-0.05, 0) is 0 Å². The highest BCUT2D eigenvalue weighted by Crippen LogP contribution is 2.34. The van der Waals surface area contributed by atoms with Gasteiger partial charge in [-0.3, -0.25) is 14.9 Å². The number of carbonyl (C=O) groups is 1. The van der Waals surface area contributed by atoms with E-state index in [1.807, 2.05) is 0 Å². The van der Waals surface area contributed by atoms with Crippen LogP contribution in [0.15, 0.2) is 12.1 Å². The molecule has 0 aliphatic carbocycles. The lowest BCUT2D eigenvalue weighted by atomic mass is 10.2. The Morgan fingerprint density at radius 2 is 2.22 bits per heavy atom. The second-order valence-corrected chi connectivity index (χ2v) is 5.22. The van der Waals surface area contributed by atoms with Gasteiger partial charge in [0.25, 0.3) is 0 Å². The molecule has 0 bridgehead atoms. The van der Waals surface area contributed by atoms with Crippen molar-refractivity contribution in [1.82, 2.24) is 0 Å². The summed E-state index contributed by atoms with van der Waals surface area (Å²) in [6.07, 6.45) is 0.290. The number of carbonyl (C=O) groups excluding carboxylic acids is 1. The van der Waals surface area contributed by atoms with Crippen LogP contribution in [0, 0.1) is 15.9 Å². The molecular weight excluding hydrogens is 309 g/mol. The zero-order valence-electron chi connectivity index (χ0n) is 9.10. The predicted molar refractivity (Wildman–Crippen MR) is 67.2 cm³/mol. The first-order valence-corrected chi connectivity index (χ1v) is 5.99. The SMILES string of the molecule is Nc1cc([N+](=O)[O-])c(F)cc1N1CC(Br)CC1=O. The van der Waals surface area contributed by atoms with E-state index in [-0.39, 0.29) is 28.5 Å². The van der Waals surface area contributed by atoms with Gasteiger partial charge in [-0.15, -0.1) is 0 Å². The van der Waals surface area contributed by atoms with Crippen molar-refractivity contribution in [3.05, 3.63) is 28.1 Å². The fraction of sp³-hybridized carbons (Fsp3) is 0.300. The second kappa shape index (κ2) is 4.52. The molecule has 1 aliphatic heterocycles. The van der Waals surface area contributed by atoms with Crippen LogP contribution < -0.4 is 10.6 Å². The second-order valence-electron chi connectivity index (χ2n) is 3.93.